The summed E-state index contributed by atoms with van der Waals surface area (Å²) in [5.41, 5.74) is 11.9. The number of nitriles is 1. The standard InChI is InChI=1S/C23H17ClN8/c1-13-14(9-25)4-2-5-16(13)19-8-20(29-23(26)28-19)21-12-32(31-30-21)11-15-10-27-22-17(15)6-3-7-18(22)24/h2-8,10,12,27H,11H2,1H3,(H2,26,28,29). The monoisotopic (exact) mass is 440 g/mol. The summed E-state index contributed by atoms with van der Waals surface area (Å²) in [5, 5.41) is 19.6. The second-order valence-electron chi connectivity index (χ2n) is 7.36. The lowest BCUT2D eigenvalue weighted by atomic mass is 10.00. The van der Waals surface area contributed by atoms with Gasteiger partial charge >= 0.3 is 0 Å². The van der Waals surface area contributed by atoms with Gasteiger partial charge in [-0.05, 0) is 36.2 Å². The zero-order valence-electron chi connectivity index (χ0n) is 17.0. The summed E-state index contributed by atoms with van der Waals surface area (Å²) in [4.78, 5) is 11.9. The van der Waals surface area contributed by atoms with Gasteiger partial charge in [-0.25, -0.2) is 14.6 Å². The molecule has 5 rings (SSSR count). The number of nitrogens with one attached hydrogen (secondary N) is 1. The van der Waals surface area contributed by atoms with Crippen molar-refractivity contribution in [3.63, 3.8) is 0 Å². The number of hydrogen-bond donors (Lipinski definition) is 2. The predicted molar refractivity (Wildman–Crippen MR) is 123 cm³/mol. The number of halogens is 1. The first-order valence-corrected chi connectivity index (χ1v) is 10.2. The maximum absolute atomic E-state index is 9.33. The number of aromatic amines is 1. The van der Waals surface area contributed by atoms with Crippen LogP contribution in [0.1, 0.15) is 16.7 Å². The smallest absolute Gasteiger partial charge is 0.221 e. The molecule has 3 aromatic heterocycles. The number of aromatic nitrogens is 6. The molecule has 3 N–H and O–H groups in total. The molecule has 0 bridgehead atoms. The van der Waals surface area contributed by atoms with E-state index in [1.54, 1.807) is 16.8 Å². The maximum atomic E-state index is 9.33. The van der Waals surface area contributed by atoms with E-state index in [9.17, 15) is 5.26 Å². The normalized spacial score (nSPS) is 11.0. The van der Waals surface area contributed by atoms with Crippen LogP contribution in [0.25, 0.3) is 33.5 Å². The van der Waals surface area contributed by atoms with E-state index in [2.05, 4.69) is 31.3 Å². The van der Waals surface area contributed by atoms with E-state index in [0.29, 0.717) is 34.2 Å². The van der Waals surface area contributed by atoms with Gasteiger partial charge in [0.25, 0.3) is 0 Å². The number of fused-ring (bicyclic) bond motifs is 1. The van der Waals surface area contributed by atoms with Crippen molar-refractivity contribution >= 4 is 28.5 Å². The molecule has 0 fully saturated rings. The third-order valence-electron chi connectivity index (χ3n) is 5.36. The second-order valence-corrected chi connectivity index (χ2v) is 7.77. The van der Waals surface area contributed by atoms with Crippen LogP contribution >= 0.6 is 11.6 Å². The minimum absolute atomic E-state index is 0.125. The first-order chi connectivity index (χ1) is 15.5. The molecule has 0 saturated heterocycles. The van der Waals surface area contributed by atoms with Gasteiger partial charge in [-0.1, -0.05) is 41.1 Å². The third-order valence-corrected chi connectivity index (χ3v) is 5.67. The number of hydrogen-bond acceptors (Lipinski definition) is 6. The van der Waals surface area contributed by atoms with Crippen molar-refractivity contribution in [3.05, 3.63) is 76.6 Å². The Labute approximate surface area is 188 Å². The summed E-state index contributed by atoms with van der Waals surface area (Å²) < 4.78 is 1.73. The number of nitrogens with zero attached hydrogens (tertiary/aromatic N) is 6. The second kappa shape index (κ2) is 7.80. The summed E-state index contributed by atoms with van der Waals surface area (Å²) in [6.07, 6.45) is 3.73. The van der Waals surface area contributed by atoms with Gasteiger partial charge in [0.1, 0.15) is 5.69 Å². The third kappa shape index (κ3) is 3.45. The number of anilines is 1. The lowest BCUT2D eigenvalue weighted by molar-refractivity contribution is 0.652. The van der Waals surface area contributed by atoms with Crippen LogP contribution in [0, 0.1) is 18.3 Å². The molecule has 8 nitrogen and oxygen atoms in total. The summed E-state index contributed by atoms with van der Waals surface area (Å²) in [6.45, 7) is 2.40. The predicted octanol–water partition coefficient (Wildman–Crippen LogP) is 4.35. The number of para-hydroxylation sites is 1. The SMILES string of the molecule is Cc1c(C#N)cccc1-c1cc(-c2cn(Cc3c[nH]c4c(Cl)cccc34)nn2)nc(N)n1. The van der Waals surface area contributed by atoms with Gasteiger partial charge in [-0.2, -0.15) is 5.26 Å². The summed E-state index contributed by atoms with van der Waals surface area (Å²) >= 11 is 6.26. The number of nitrogens with two attached hydrogens (primary N) is 1. The van der Waals surface area contributed by atoms with Crippen molar-refractivity contribution in [2.75, 3.05) is 5.73 Å². The first-order valence-electron chi connectivity index (χ1n) is 9.83. The highest BCUT2D eigenvalue weighted by Crippen LogP contribution is 2.28. The quantitative estimate of drug-likeness (QED) is 0.428. The molecule has 9 heteroatoms. The molecular weight excluding hydrogens is 424 g/mol. The highest BCUT2D eigenvalue weighted by atomic mass is 35.5. The van der Waals surface area contributed by atoms with E-state index >= 15 is 0 Å². The number of rotatable bonds is 4. The highest BCUT2D eigenvalue weighted by Gasteiger charge is 2.14. The highest BCUT2D eigenvalue weighted by molar-refractivity contribution is 6.35. The average Bonchev–Trinajstić information content (AvgIpc) is 3.42. The molecule has 5 aromatic rings. The van der Waals surface area contributed by atoms with Crippen LogP contribution in [0.4, 0.5) is 5.95 Å². The average molecular weight is 441 g/mol. The molecule has 156 valence electrons. The Morgan fingerprint density at radius 1 is 1.12 bits per heavy atom. The van der Waals surface area contributed by atoms with Gasteiger partial charge in [0.2, 0.25) is 5.95 Å². The molecule has 0 aliphatic carbocycles. The van der Waals surface area contributed by atoms with Crippen molar-refractivity contribution in [2.45, 2.75) is 13.5 Å². The minimum atomic E-state index is 0.125. The Balaban J connectivity index is 1.49. The molecule has 3 heterocycles. The van der Waals surface area contributed by atoms with Crippen LogP contribution in [0.15, 0.2) is 54.9 Å². The van der Waals surface area contributed by atoms with Crippen molar-refractivity contribution in [2.24, 2.45) is 0 Å². The Bertz CT molecular complexity index is 1510. The van der Waals surface area contributed by atoms with E-state index < -0.39 is 0 Å². The van der Waals surface area contributed by atoms with Crippen molar-refractivity contribution in [1.29, 1.82) is 5.26 Å². The maximum Gasteiger partial charge on any atom is 0.221 e. The topological polar surface area (TPSA) is 122 Å². The van der Waals surface area contributed by atoms with Crippen LogP contribution in [-0.2, 0) is 6.54 Å². The molecule has 0 atom stereocenters. The van der Waals surface area contributed by atoms with Gasteiger partial charge in [0.05, 0.1) is 46.3 Å². The fraction of sp³-hybridized carbons (Fsp3) is 0.0870. The molecule has 0 amide bonds. The van der Waals surface area contributed by atoms with E-state index in [-0.39, 0.29) is 5.95 Å². The van der Waals surface area contributed by atoms with Gasteiger partial charge in [0, 0.05) is 17.1 Å². The molecule has 0 radical (unpaired) electrons. The molecule has 32 heavy (non-hydrogen) atoms. The van der Waals surface area contributed by atoms with Crippen LogP contribution in [0.2, 0.25) is 5.02 Å². The van der Waals surface area contributed by atoms with Gasteiger partial charge in [0.15, 0.2) is 0 Å². The fourth-order valence-corrected chi connectivity index (χ4v) is 3.97. The van der Waals surface area contributed by atoms with E-state index in [4.69, 9.17) is 17.3 Å². The number of benzene rings is 2. The van der Waals surface area contributed by atoms with Gasteiger partial charge in [-0.15, -0.1) is 5.10 Å². The molecule has 0 aliphatic heterocycles. The van der Waals surface area contributed by atoms with E-state index in [1.807, 2.05) is 49.6 Å². The fourth-order valence-electron chi connectivity index (χ4n) is 3.74. The Hall–Kier alpha value is -4.22. The Morgan fingerprint density at radius 3 is 2.78 bits per heavy atom. The summed E-state index contributed by atoms with van der Waals surface area (Å²) in [5.74, 6) is 0.125. The van der Waals surface area contributed by atoms with E-state index in [1.165, 1.54) is 0 Å². The first kappa shape index (κ1) is 19.7. The summed E-state index contributed by atoms with van der Waals surface area (Å²) in [6, 6.07) is 15.3. The molecule has 0 aliphatic rings. The van der Waals surface area contributed by atoms with Crippen molar-refractivity contribution in [1.82, 2.24) is 29.9 Å². The number of H-pyrrole nitrogens is 1. The molecule has 2 aromatic carbocycles. The molecular formula is C23H17ClN8. The number of nitrogen functional groups attached to an aromatic ring is 1. The zero-order chi connectivity index (χ0) is 22.2. The van der Waals surface area contributed by atoms with E-state index in [0.717, 1.165) is 27.6 Å². The minimum Gasteiger partial charge on any atom is -0.368 e. The van der Waals surface area contributed by atoms with Gasteiger partial charge in [-0.3, -0.25) is 0 Å². The van der Waals surface area contributed by atoms with Crippen LogP contribution in [0.5, 0.6) is 0 Å². The largest absolute Gasteiger partial charge is 0.368 e. The Kier molecular flexibility index (Phi) is 4.81. The summed E-state index contributed by atoms with van der Waals surface area (Å²) in [7, 11) is 0. The molecule has 0 spiro atoms. The van der Waals surface area contributed by atoms with Crippen molar-refractivity contribution in [3.8, 4) is 28.7 Å². The van der Waals surface area contributed by atoms with Crippen LogP contribution in [0.3, 0.4) is 0 Å². The van der Waals surface area contributed by atoms with Crippen molar-refractivity contribution < 1.29 is 0 Å². The lowest BCUT2D eigenvalue weighted by Gasteiger charge is -2.08. The Morgan fingerprint density at radius 2 is 1.94 bits per heavy atom. The molecule has 0 saturated carbocycles. The van der Waals surface area contributed by atoms with Gasteiger partial charge < -0.3 is 10.7 Å². The molecule has 0 unspecified atom stereocenters. The zero-order valence-corrected chi connectivity index (χ0v) is 17.8. The van der Waals surface area contributed by atoms with Crippen LogP contribution < -0.4 is 5.73 Å². The van der Waals surface area contributed by atoms with Crippen LogP contribution in [-0.4, -0.2) is 29.9 Å². The lowest BCUT2D eigenvalue weighted by Crippen LogP contribution is -2.00.